The number of fused-ring (bicyclic) bond motifs is 2. The fourth-order valence-electron chi connectivity index (χ4n) is 5.39. The molecule has 23 heteroatoms. The van der Waals surface area contributed by atoms with Gasteiger partial charge in [-0.15, -0.1) is 0 Å². The molecule has 0 saturated carbocycles. The third-order valence-corrected chi connectivity index (χ3v) is 9.69. The predicted molar refractivity (Wildman–Crippen MR) is 147 cm³/mol. The number of imidazole rings is 2. The molecule has 6 heterocycles. The van der Waals surface area contributed by atoms with E-state index in [0.29, 0.717) is 11.0 Å². The van der Waals surface area contributed by atoms with Gasteiger partial charge in [-0.1, -0.05) is 0 Å². The van der Waals surface area contributed by atoms with Crippen LogP contribution in [-0.4, -0.2) is 109 Å². The number of hydrogen-bond donors (Lipinski definition) is 8. The molecule has 0 amide bonds. The van der Waals surface area contributed by atoms with Crippen molar-refractivity contribution in [3.63, 3.8) is 0 Å². The van der Waals surface area contributed by atoms with Crippen LogP contribution in [0.3, 0.4) is 0 Å². The Morgan fingerprint density at radius 1 is 1.07 bits per heavy atom. The summed E-state index contributed by atoms with van der Waals surface area (Å²) < 4.78 is 49.8. The van der Waals surface area contributed by atoms with Crippen LogP contribution in [0.15, 0.2) is 29.7 Å². The Labute approximate surface area is 245 Å². The molecular formula is C21H27N9O12P2. The molecule has 2 unspecified atom stereocenters. The number of aliphatic hydroxyl groups is 3. The number of nitrogen functional groups attached to an aromatic ring is 2. The number of aromatic amines is 1. The summed E-state index contributed by atoms with van der Waals surface area (Å²) in [7, 11) is -8.63. The van der Waals surface area contributed by atoms with E-state index in [4.69, 9.17) is 30.0 Å². The molecule has 0 aliphatic carbocycles. The minimum atomic E-state index is -4.98. The highest BCUT2D eigenvalue weighted by atomic mass is 31.2. The first-order valence-corrected chi connectivity index (χ1v) is 15.8. The maximum Gasteiger partial charge on any atom is 0.338 e. The van der Waals surface area contributed by atoms with Gasteiger partial charge in [0.15, 0.2) is 29.4 Å². The molecule has 2 aliphatic rings. The fraction of sp³-hybridized carbons (Fsp3) is 0.476. The van der Waals surface area contributed by atoms with Gasteiger partial charge in [-0.05, 0) is 6.07 Å². The second kappa shape index (κ2) is 11.5. The van der Waals surface area contributed by atoms with Gasteiger partial charge in [-0.25, -0.2) is 15.0 Å². The first-order valence-electron chi connectivity index (χ1n) is 12.8. The van der Waals surface area contributed by atoms with Crippen molar-refractivity contribution >= 4 is 49.8 Å². The lowest BCUT2D eigenvalue weighted by atomic mass is 10.1. The van der Waals surface area contributed by atoms with Crippen LogP contribution in [0, 0.1) is 0 Å². The summed E-state index contributed by atoms with van der Waals surface area (Å²) in [6.45, 7) is -1.54. The SMILES string of the molecule is Nc1nc2c(ncn2[C@@H]2O[C@H](CO)[C@@H](O)[C@H]2P(=O)(O)OC[C@H]2O[C@@H](n3cnc4c(N)nccc43)[C@H](O)[C@@H]2O[PH](=O)O)c(=O)[nH]1. The highest BCUT2D eigenvalue weighted by Crippen LogP contribution is 2.57. The number of nitrogens with two attached hydrogens (primary N) is 2. The van der Waals surface area contributed by atoms with E-state index in [0.717, 1.165) is 10.9 Å². The number of hydrogen-bond acceptors (Lipinski definition) is 16. The number of rotatable bonds is 9. The summed E-state index contributed by atoms with van der Waals surface area (Å²) in [6, 6.07) is 1.54. The molecule has 0 radical (unpaired) electrons. The van der Waals surface area contributed by atoms with Crippen LogP contribution in [0.1, 0.15) is 12.5 Å². The van der Waals surface area contributed by atoms with Crippen molar-refractivity contribution in [2.24, 2.45) is 0 Å². The highest BCUT2D eigenvalue weighted by molar-refractivity contribution is 7.53. The summed E-state index contributed by atoms with van der Waals surface area (Å²) >= 11 is 0. The van der Waals surface area contributed by atoms with E-state index in [-0.39, 0.29) is 22.9 Å². The van der Waals surface area contributed by atoms with Crippen LogP contribution in [0.25, 0.3) is 22.2 Å². The number of anilines is 2. The van der Waals surface area contributed by atoms with E-state index in [9.17, 15) is 39.0 Å². The summed E-state index contributed by atoms with van der Waals surface area (Å²) in [4.78, 5) is 51.2. The Morgan fingerprint density at radius 3 is 2.50 bits per heavy atom. The van der Waals surface area contributed by atoms with Gasteiger partial charge in [-0.3, -0.25) is 23.5 Å². The normalized spacial score (nSPS) is 31.1. The van der Waals surface area contributed by atoms with Crippen molar-refractivity contribution in [3.8, 4) is 0 Å². The molecule has 4 aromatic rings. The van der Waals surface area contributed by atoms with Crippen molar-refractivity contribution in [2.75, 3.05) is 24.7 Å². The molecule has 44 heavy (non-hydrogen) atoms. The van der Waals surface area contributed by atoms with Crippen LogP contribution >= 0.6 is 15.9 Å². The van der Waals surface area contributed by atoms with Crippen molar-refractivity contribution in [3.05, 3.63) is 35.3 Å². The smallest absolute Gasteiger partial charge is 0.338 e. The molecule has 4 aromatic heterocycles. The van der Waals surface area contributed by atoms with Gasteiger partial charge in [0.25, 0.3) is 5.56 Å². The maximum atomic E-state index is 13.7. The third-order valence-electron chi connectivity index (χ3n) is 7.38. The molecule has 0 spiro atoms. The molecule has 2 saturated heterocycles. The standard InChI is InChI=1S/C21H27N9O12P2/c22-16-10-7(1-2-24-16)29(5-25-10)19-13(33)14(42-43(35)36)9(41-19)4-39-44(37,38)15-12(32)8(3-31)40-20(15)30-6-26-11-17(30)27-21(23)28-18(11)34/h1-2,5-6,8-9,12-15,19-20,31-33,43H,3-4H2,(H2,22,24)(H,35,36)(H,37,38)(H3,23,27,28,34)/t8-,9-,12-,13-,14-,15-,19-,20-/m1/s1. The number of aliphatic hydroxyl groups excluding tert-OH is 3. The van der Waals surface area contributed by atoms with E-state index in [2.05, 4.69) is 24.9 Å². The Hall–Kier alpha value is -3.33. The fourth-order valence-corrected chi connectivity index (χ4v) is 7.56. The molecule has 238 valence electrons. The number of aromatic nitrogens is 7. The van der Waals surface area contributed by atoms with Crippen LogP contribution < -0.4 is 17.0 Å². The van der Waals surface area contributed by atoms with Gasteiger partial charge >= 0.3 is 15.9 Å². The Morgan fingerprint density at radius 2 is 1.77 bits per heavy atom. The Balaban J connectivity index is 1.29. The van der Waals surface area contributed by atoms with Crippen LogP contribution in [0.2, 0.25) is 0 Å². The Bertz CT molecular complexity index is 1830. The number of H-pyrrole nitrogens is 1. The molecule has 0 bridgehead atoms. The first-order chi connectivity index (χ1) is 20.9. The monoisotopic (exact) mass is 659 g/mol. The summed E-state index contributed by atoms with van der Waals surface area (Å²) in [6.07, 6.45) is -6.64. The molecule has 21 nitrogen and oxygen atoms in total. The first kappa shape index (κ1) is 30.7. The number of nitrogens with one attached hydrogen (secondary N) is 1. The van der Waals surface area contributed by atoms with Crippen LogP contribution in [-0.2, 0) is 27.7 Å². The van der Waals surface area contributed by atoms with E-state index in [1.807, 2.05) is 0 Å². The number of ether oxygens (including phenoxy) is 2. The summed E-state index contributed by atoms with van der Waals surface area (Å²) in [5.41, 5.74) is 9.41. The zero-order valence-corrected chi connectivity index (χ0v) is 24.1. The summed E-state index contributed by atoms with van der Waals surface area (Å²) in [5, 5.41) is 31.7. The van der Waals surface area contributed by atoms with Gasteiger partial charge in [0.2, 0.25) is 5.95 Å². The lowest BCUT2D eigenvalue weighted by Crippen LogP contribution is -2.37. The highest BCUT2D eigenvalue weighted by Gasteiger charge is 2.56. The van der Waals surface area contributed by atoms with Gasteiger partial charge in [0.1, 0.15) is 41.7 Å². The second-order valence-electron chi connectivity index (χ2n) is 9.98. The number of nitrogens with zero attached hydrogens (tertiary/aromatic N) is 6. The zero-order chi connectivity index (χ0) is 31.5. The largest absolute Gasteiger partial charge is 0.394 e. The van der Waals surface area contributed by atoms with E-state index in [1.54, 1.807) is 6.07 Å². The topological polar surface area (TPSA) is 319 Å². The molecule has 10 atom stereocenters. The third kappa shape index (κ3) is 5.21. The molecule has 6 rings (SSSR count). The lowest BCUT2D eigenvalue weighted by Gasteiger charge is -2.27. The number of pyridine rings is 1. The van der Waals surface area contributed by atoms with Crippen molar-refractivity contribution in [1.29, 1.82) is 0 Å². The van der Waals surface area contributed by atoms with E-state index in [1.165, 1.54) is 17.1 Å². The zero-order valence-electron chi connectivity index (χ0n) is 22.2. The quantitative estimate of drug-likeness (QED) is 0.0866. The van der Waals surface area contributed by atoms with Gasteiger partial charge in [0, 0.05) is 6.20 Å². The summed E-state index contributed by atoms with van der Waals surface area (Å²) in [5.74, 6) is -0.184. The second-order valence-corrected chi connectivity index (χ2v) is 12.7. The van der Waals surface area contributed by atoms with Gasteiger partial charge in [-0.2, -0.15) is 4.98 Å². The molecule has 0 aromatic carbocycles. The minimum Gasteiger partial charge on any atom is -0.394 e. The van der Waals surface area contributed by atoms with Crippen molar-refractivity contribution in [2.45, 2.75) is 48.6 Å². The molecule has 2 aliphatic heterocycles. The van der Waals surface area contributed by atoms with E-state index < -0.39 is 83.3 Å². The maximum absolute atomic E-state index is 13.7. The average Bonchev–Trinajstić information content (AvgIpc) is 3.72. The predicted octanol–water partition coefficient (Wildman–Crippen LogP) is -2.42. The van der Waals surface area contributed by atoms with Crippen LogP contribution in [0.4, 0.5) is 11.8 Å². The average molecular weight is 659 g/mol. The van der Waals surface area contributed by atoms with Crippen molar-refractivity contribution < 1.29 is 52.8 Å². The Kier molecular flexibility index (Phi) is 8.05. The van der Waals surface area contributed by atoms with E-state index >= 15 is 0 Å². The molecule has 2 fully saturated rings. The minimum absolute atomic E-state index is 0.101. The lowest BCUT2D eigenvalue weighted by molar-refractivity contribution is -0.0489. The van der Waals surface area contributed by atoms with Crippen LogP contribution in [0.5, 0.6) is 0 Å². The van der Waals surface area contributed by atoms with Gasteiger partial charge in [0.05, 0.1) is 31.4 Å². The molecule has 10 N–H and O–H groups in total. The van der Waals surface area contributed by atoms with Gasteiger partial charge < -0.3 is 59.7 Å². The van der Waals surface area contributed by atoms with Crippen molar-refractivity contribution in [1.82, 2.24) is 34.1 Å². The molecular weight excluding hydrogens is 632 g/mol.